The lowest BCUT2D eigenvalue weighted by molar-refractivity contribution is 0.102. The van der Waals surface area contributed by atoms with Crippen LogP contribution in [0.2, 0.25) is 0 Å². The van der Waals surface area contributed by atoms with Gasteiger partial charge in [-0.05, 0) is 24.3 Å². The molecular formula is C19H15N5O. The van der Waals surface area contributed by atoms with E-state index in [2.05, 4.69) is 15.3 Å². The number of hydrogen-bond acceptors (Lipinski definition) is 5. The first-order valence-electron chi connectivity index (χ1n) is 7.60. The van der Waals surface area contributed by atoms with Crippen molar-refractivity contribution in [3.63, 3.8) is 0 Å². The standard InChI is InChI=1S/C19H15N5O/c1-24(16-8-3-2-4-9-16)19-21-12-15(13-22-19)18(25)23-17-10-6-5-7-14(17)11-20/h2-10,12-13H,1H3,(H,23,25). The summed E-state index contributed by atoms with van der Waals surface area (Å²) in [6.45, 7) is 0. The third kappa shape index (κ3) is 3.62. The first kappa shape index (κ1) is 16.1. The van der Waals surface area contributed by atoms with Crippen molar-refractivity contribution in [1.82, 2.24) is 9.97 Å². The topological polar surface area (TPSA) is 81.9 Å². The molecule has 0 atom stereocenters. The maximum absolute atomic E-state index is 12.3. The highest BCUT2D eigenvalue weighted by molar-refractivity contribution is 6.04. The van der Waals surface area contributed by atoms with E-state index >= 15 is 0 Å². The molecule has 1 N–H and O–H groups in total. The van der Waals surface area contributed by atoms with Gasteiger partial charge in [-0.15, -0.1) is 0 Å². The summed E-state index contributed by atoms with van der Waals surface area (Å²) in [4.78, 5) is 22.6. The van der Waals surface area contributed by atoms with E-state index < -0.39 is 0 Å². The van der Waals surface area contributed by atoms with E-state index in [0.717, 1.165) is 5.69 Å². The van der Waals surface area contributed by atoms with Gasteiger partial charge in [0.1, 0.15) is 6.07 Å². The van der Waals surface area contributed by atoms with E-state index in [1.165, 1.54) is 12.4 Å². The van der Waals surface area contributed by atoms with Crippen molar-refractivity contribution in [1.29, 1.82) is 5.26 Å². The van der Waals surface area contributed by atoms with Gasteiger partial charge in [0.05, 0.1) is 16.8 Å². The average molecular weight is 329 g/mol. The summed E-state index contributed by atoms with van der Waals surface area (Å²) in [7, 11) is 1.85. The molecule has 0 radical (unpaired) electrons. The third-order valence-electron chi connectivity index (χ3n) is 3.64. The lowest BCUT2D eigenvalue weighted by Crippen LogP contribution is -2.16. The van der Waals surface area contributed by atoms with Crippen LogP contribution in [0.1, 0.15) is 15.9 Å². The summed E-state index contributed by atoms with van der Waals surface area (Å²) in [5.74, 6) is 0.122. The zero-order valence-electron chi connectivity index (χ0n) is 13.5. The Morgan fingerprint density at radius 1 is 1.04 bits per heavy atom. The van der Waals surface area contributed by atoms with Crippen molar-refractivity contribution >= 4 is 23.2 Å². The van der Waals surface area contributed by atoms with Crippen LogP contribution in [0.3, 0.4) is 0 Å². The van der Waals surface area contributed by atoms with Gasteiger partial charge in [0.15, 0.2) is 0 Å². The van der Waals surface area contributed by atoms with Gasteiger partial charge in [0.2, 0.25) is 5.95 Å². The number of rotatable bonds is 4. The third-order valence-corrected chi connectivity index (χ3v) is 3.64. The monoisotopic (exact) mass is 329 g/mol. The Morgan fingerprint density at radius 3 is 2.36 bits per heavy atom. The molecule has 0 aliphatic carbocycles. The zero-order valence-corrected chi connectivity index (χ0v) is 13.5. The number of para-hydroxylation sites is 2. The lowest BCUT2D eigenvalue weighted by Gasteiger charge is -2.16. The van der Waals surface area contributed by atoms with E-state index in [1.54, 1.807) is 24.3 Å². The molecule has 1 aromatic heterocycles. The molecule has 0 saturated carbocycles. The van der Waals surface area contributed by atoms with Crippen molar-refractivity contribution in [3.8, 4) is 6.07 Å². The van der Waals surface area contributed by atoms with Crippen molar-refractivity contribution < 1.29 is 4.79 Å². The van der Waals surface area contributed by atoms with Crippen LogP contribution in [0.4, 0.5) is 17.3 Å². The second-order valence-corrected chi connectivity index (χ2v) is 5.28. The van der Waals surface area contributed by atoms with E-state index in [1.807, 2.05) is 48.3 Å². The summed E-state index contributed by atoms with van der Waals surface area (Å²) in [6.07, 6.45) is 2.93. The molecule has 122 valence electrons. The molecule has 3 aromatic rings. The molecule has 6 nitrogen and oxygen atoms in total. The Hall–Kier alpha value is -3.72. The Bertz CT molecular complexity index is 917. The molecule has 2 aromatic carbocycles. The molecule has 1 heterocycles. The SMILES string of the molecule is CN(c1ccccc1)c1ncc(C(=O)Nc2ccccc2C#N)cn1. The predicted octanol–water partition coefficient (Wildman–Crippen LogP) is 3.37. The minimum absolute atomic E-state index is 0.318. The van der Waals surface area contributed by atoms with Crippen LogP contribution in [-0.4, -0.2) is 22.9 Å². The summed E-state index contributed by atoms with van der Waals surface area (Å²) in [5.41, 5.74) is 2.12. The number of benzene rings is 2. The van der Waals surface area contributed by atoms with Crippen molar-refractivity contribution in [2.24, 2.45) is 0 Å². The molecule has 25 heavy (non-hydrogen) atoms. The van der Waals surface area contributed by atoms with Crippen LogP contribution in [0.25, 0.3) is 0 Å². The van der Waals surface area contributed by atoms with Gasteiger partial charge in [-0.2, -0.15) is 5.26 Å². The number of amides is 1. The number of nitrogens with zero attached hydrogens (tertiary/aromatic N) is 4. The number of carbonyl (C=O) groups is 1. The molecule has 0 saturated heterocycles. The minimum Gasteiger partial charge on any atom is -0.321 e. The summed E-state index contributed by atoms with van der Waals surface area (Å²) < 4.78 is 0. The van der Waals surface area contributed by atoms with Gasteiger partial charge in [-0.3, -0.25) is 4.79 Å². The second kappa shape index (κ2) is 7.23. The molecule has 1 amide bonds. The number of hydrogen-bond donors (Lipinski definition) is 1. The minimum atomic E-state index is -0.364. The number of nitrogens with one attached hydrogen (secondary N) is 1. The van der Waals surface area contributed by atoms with E-state index in [9.17, 15) is 4.79 Å². The molecule has 0 bridgehead atoms. The highest BCUT2D eigenvalue weighted by Gasteiger charge is 2.12. The van der Waals surface area contributed by atoms with Crippen LogP contribution >= 0.6 is 0 Å². The molecular weight excluding hydrogens is 314 g/mol. The van der Waals surface area contributed by atoms with E-state index in [4.69, 9.17) is 5.26 Å². The molecule has 6 heteroatoms. The second-order valence-electron chi connectivity index (χ2n) is 5.28. The average Bonchev–Trinajstić information content (AvgIpc) is 2.68. The van der Waals surface area contributed by atoms with Gasteiger partial charge in [0.25, 0.3) is 5.91 Å². The molecule has 0 fully saturated rings. The van der Waals surface area contributed by atoms with Gasteiger partial charge in [-0.25, -0.2) is 9.97 Å². The Morgan fingerprint density at radius 2 is 1.68 bits per heavy atom. The Kier molecular flexibility index (Phi) is 4.67. The smallest absolute Gasteiger partial charge is 0.258 e. The quantitative estimate of drug-likeness (QED) is 0.793. The Balaban J connectivity index is 1.76. The fourth-order valence-corrected chi connectivity index (χ4v) is 2.26. The van der Waals surface area contributed by atoms with Crippen LogP contribution in [0.5, 0.6) is 0 Å². The summed E-state index contributed by atoms with van der Waals surface area (Å²) in [5, 5.41) is 11.8. The van der Waals surface area contributed by atoms with Crippen LogP contribution < -0.4 is 10.2 Å². The molecule has 0 aliphatic heterocycles. The number of aromatic nitrogens is 2. The summed E-state index contributed by atoms with van der Waals surface area (Å²) >= 11 is 0. The van der Waals surface area contributed by atoms with Crippen molar-refractivity contribution in [2.45, 2.75) is 0 Å². The van der Waals surface area contributed by atoms with E-state index in [0.29, 0.717) is 22.8 Å². The largest absolute Gasteiger partial charge is 0.321 e. The normalized spacial score (nSPS) is 9.92. The first-order valence-corrected chi connectivity index (χ1v) is 7.60. The predicted molar refractivity (Wildman–Crippen MR) is 95.6 cm³/mol. The first-order chi connectivity index (χ1) is 12.2. The number of carbonyl (C=O) groups excluding carboxylic acids is 1. The number of anilines is 3. The fourth-order valence-electron chi connectivity index (χ4n) is 2.26. The maximum atomic E-state index is 12.3. The lowest BCUT2D eigenvalue weighted by atomic mass is 10.2. The highest BCUT2D eigenvalue weighted by Crippen LogP contribution is 2.19. The van der Waals surface area contributed by atoms with Crippen LogP contribution in [0, 0.1) is 11.3 Å². The molecule has 0 aliphatic rings. The maximum Gasteiger partial charge on any atom is 0.258 e. The van der Waals surface area contributed by atoms with E-state index in [-0.39, 0.29) is 5.91 Å². The number of nitriles is 1. The molecule has 0 unspecified atom stereocenters. The highest BCUT2D eigenvalue weighted by atomic mass is 16.1. The Labute approximate surface area is 145 Å². The van der Waals surface area contributed by atoms with Gasteiger partial charge < -0.3 is 10.2 Å². The van der Waals surface area contributed by atoms with Gasteiger partial charge in [0, 0.05) is 25.1 Å². The molecule has 3 rings (SSSR count). The van der Waals surface area contributed by atoms with Gasteiger partial charge in [-0.1, -0.05) is 30.3 Å². The van der Waals surface area contributed by atoms with Gasteiger partial charge >= 0.3 is 0 Å². The van der Waals surface area contributed by atoms with Crippen molar-refractivity contribution in [2.75, 3.05) is 17.3 Å². The summed E-state index contributed by atoms with van der Waals surface area (Å²) in [6, 6.07) is 18.5. The fraction of sp³-hybridized carbons (Fsp3) is 0.0526. The molecule has 0 spiro atoms. The zero-order chi connectivity index (χ0) is 17.6. The van der Waals surface area contributed by atoms with Crippen LogP contribution in [-0.2, 0) is 0 Å². The van der Waals surface area contributed by atoms with Crippen molar-refractivity contribution in [3.05, 3.63) is 78.1 Å². The van der Waals surface area contributed by atoms with Crippen LogP contribution in [0.15, 0.2) is 67.0 Å².